The van der Waals surface area contributed by atoms with Gasteiger partial charge < -0.3 is 24.0 Å². The molecule has 1 heterocycles. The van der Waals surface area contributed by atoms with E-state index in [1.807, 2.05) is 17.4 Å². The van der Waals surface area contributed by atoms with Crippen LogP contribution in [0.25, 0.3) is 20.8 Å². The van der Waals surface area contributed by atoms with Gasteiger partial charge in [-0.3, -0.25) is 0 Å². The van der Waals surface area contributed by atoms with Gasteiger partial charge in [-0.25, -0.2) is 9.56 Å². The summed E-state index contributed by atoms with van der Waals surface area (Å²) in [4.78, 5) is 5.97. The van der Waals surface area contributed by atoms with Gasteiger partial charge in [-0.1, -0.05) is 12.1 Å². The van der Waals surface area contributed by atoms with Crippen LogP contribution < -0.4 is 33.9 Å². The molecule has 1 aliphatic heterocycles. The molecule has 1 aromatic rings. The Morgan fingerprint density at radius 2 is 1.73 bits per heavy atom. The van der Waals surface area contributed by atoms with Gasteiger partial charge in [0, 0.05) is 49.4 Å². The third-order valence-electron chi connectivity index (χ3n) is 3.40. The highest BCUT2D eigenvalue weighted by atomic mass is 128. The molecule has 0 aromatic heterocycles. The van der Waals surface area contributed by atoms with Crippen molar-refractivity contribution in [2.45, 2.75) is 13.8 Å². The number of hydrogen-bond donors (Lipinski definition) is 0. The molecule has 2 nitrogen and oxygen atoms in total. The summed E-state index contributed by atoms with van der Waals surface area (Å²) in [6, 6.07) is 14.9. The van der Waals surface area contributed by atoms with E-state index in [1.165, 1.54) is 14.9 Å². The monoisotopic (exact) mass is 650 g/mol. The summed E-state index contributed by atoms with van der Waals surface area (Å²) in [6.45, 7) is 6.45. The van der Waals surface area contributed by atoms with Crippen molar-refractivity contribution in [3.8, 4) is 10.6 Å². The predicted octanol–water partition coefficient (Wildman–Crippen LogP) is 1.99. The van der Waals surface area contributed by atoms with Crippen LogP contribution in [0.15, 0.2) is 42.5 Å². The smallest absolute Gasteiger partial charge is 0.201 e. The van der Waals surface area contributed by atoms with Crippen LogP contribution in [-0.2, 0) is 0 Å². The first-order valence-electron chi connectivity index (χ1n) is 6.83. The van der Waals surface area contributed by atoms with E-state index in [2.05, 4.69) is 92.1 Å². The Morgan fingerprint density at radius 3 is 2.41 bits per heavy atom. The van der Waals surface area contributed by atoms with Crippen molar-refractivity contribution in [2.75, 3.05) is 13.1 Å². The third-order valence-corrected chi connectivity index (χ3v) is 4.51. The lowest BCUT2D eigenvalue weighted by Gasteiger charge is -2.05. The first-order valence-corrected chi connectivity index (χ1v) is 13.9. The topological polar surface area (TPSA) is 15.9 Å². The van der Waals surface area contributed by atoms with Crippen molar-refractivity contribution >= 4 is 58.8 Å². The molecular formula is C16H17I3N2S. The number of para-hydroxylation sites is 1. The molecule has 6 heteroatoms. The van der Waals surface area contributed by atoms with Crippen LogP contribution in [0.5, 0.6) is 0 Å². The molecule has 2 aliphatic rings. The number of nitrogens with zero attached hydrogens (tertiary/aromatic N) is 2. The van der Waals surface area contributed by atoms with E-state index in [1.54, 1.807) is 0 Å². The number of rotatable bonds is 2. The molecule has 0 bridgehead atoms. The molecule has 0 spiro atoms. The minimum atomic E-state index is 0. The fourth-order valence-corrected chi connectivity index (χ4v) is 3.35. The average Bonchev–Trinajstić information content (AvgIpc) is 2.56. The van der Waals surface area contributed by atoms with E-state index in [0.29, 0.717) is 0 Å². The average molecular weight is 650 g/mol. The Hall–Kier alpha value is 0.450. The summed E-state index contributed by atoms with van der Waals surface area (Å²) in [7, 11) is 0. The van der Waals surface area contributed by atoms with Crippen LogP contribution >= 0.6 is 48.6 Å². The Balaban J connectivity index is 0.000000775. The van der Waals surface area contributed by atoms with E-state index in [-0.39, 0.29) is 24.0 Å². The first-order chi connectivity index (χ1) is 10.3. The van der Waals surface area contributed by atoms with Crippen molar-refractivity contribution in [3.63, 3.8) is 0 Å². The first kappa shape index (κ1) is 20.5. The van der Waals surface area contributed by atoms with Crippen LogP contribution in [0.4, 0.5) is 0 Å². The molecular weight excluding hydrogens is 633 g/mol. The highest BCUT2D eigenvalue weighted by Crippen LogP contribution is 2.28. The number of aromatic nitrogens is 1. The molecule has 0 amide bonds. The van der Waals surface area contributed by atoms with Crippen LogP contribution in [0.2, 0.25) is 0 Å². The zero-order valence-corrected chi connectivity index (χ0v) is 19.7. The predicted molar refractivity (Wildman–Crippen MR) is 111 cm³/mol. The van der Waals surface area contributed by atoms with Gasteiger partial charge in [0.15, 0.2) is 0 Å². The van der Waals surface area contributed by atoms with Crippen molar-refractivity contribution < 1.29 is 24.0 Å². The van der Waals surface area contributed by atoms with Gasteiger partial charge in [0.2, 0.25) is 5.36 Å². The summed E-state index contributed by atoms with van der Waals surface area (Å²) >= 11 is 6.05. The second-order valence-electron chi connectivity index (χ2n) is 4.51. The van der Waals surface area contributed by atoms with Crippen LogP contribution in [-0.4, -0.2) is 18.1 Å². The molecule has 3 rings (SSSR count). The molecule has 0 saturated heterocycles. The maximum atomic E-state index is 4.72. The molecule has 0 unspecified atom stereocenters. The lowest BCUT2D eigenvalue weighted by atomic mass is 10.2. The summed E-state index contributed by atoms with van der Waals surface area (Å²) in [5.74, 6) is 0. The van der Waals surface area contributed by atoms with Gasteiger partial charge in [-0.05, 0) is 32.0 Å². The van der Waals surface area contributed by atoms with E-state index in [4.69, 9.17) is 4.98 Å². The Kier molecular flexibility index (Phi) is 9.64. The van der Waals surface area contributed by atoms with E-state index < -0.39 is 0 Å². The summed E-state index contributed by atoms with van der Waals surface area (Å²) < 4.78 is 3.60. The molecule has 0 saturated carbocycles. The second-order valence-corrected chi connectivity index (χ2v) is 5.59. The molecule has 22 heavy (non-hydrogen) atoms. The quantitative estimate of drug-likeness (QED) is 0.236. The van der Waals surface area contributed by atoms with Crippen molar-refractivity contribution in [2.24, 2.45) is 0 Å². The number of hydrogen-bond acceptors (Lipinski definition) is 2. The number of fused-ring (bicyclic) bond motifs is 2. The molecule has 0 radical (unpaired) electrons. The fourth-order valence-electron chi connectivity index (χ4n) is 2.35. The minimum Gasteiger partial charge on any atom is -1.00 e. The molecule has 0 atom stereocenters. The molecule has 1 aliphatic carbocycles. The summed E-state index contributed by atoms with van der Waals surface area (Å²) in [5, 5.41) is 1.28. The van der Waals surface area contributed by atoms with Gasteiger partial charge in [0.25, 0.3) is 0 Å². The summed E-state index contributed by atoms with van der Waals surface area (Å²) in [5.41, 5.74) is 2.16. The fraction of sp³-hybridized carbons (Fsp3) is 0.250. The van der Waals surface area contributed by atoms with E-state index in [9.17, 15) is 0 Å². The minimum absolute atomic E-state index is 0. The van der Waals surface area contributed by atoms with Crippen molar-refractivity contribution in [3.05, 3.63) is 47.8 Å². The zero-order valence-electron chi connectivity index (χ0n) is 12.4. The lowest BCUT2D eigenvalue weighted by molar-refractivity contribution is -0.00000400. The maximum Gasteiger partial charge on any atom is 0.201 e. The Morgan fingerprint density at radius 1 is 1.05 bits per heavy atom. The van der Waals surface area contributed by atoms with Gasteiger partial charge in [-0.2, -0.15) is 0 Å². The van der Waals surface area contributed by atoms with Gasteiger partial charge in [0.05, 0.1) is 20.8 Å². The molecule has 0 N–H and O–H groups in total. The number of benzene rings is 2. The van der Waals surface area contributed by atoms with Crippen LogP contribution in [0.3, 0.4) is 0 Å². The standard InChI is InChI=1S/C16H17N2S.I2.HI/c1-3-18(4-2)12-9-10-14-16(11-12)19-15-8-6-5-7-13(15)17-14;1-2;/h5-11H,3-4H2,1-2H3;;1H/q+1;;/p-1. The molecule has 118 valence electrons. The zero-order chi connectivity index (χ0) is 15.2. The van der Waals surface area contributed by atoms with Crippen molar-refractivity contribution in [1.82, 2.24) is 9.56 Å². The SMILES string of the molecule is CC[N+](CC)=c1ccc2nc3ccccc3sc-2c1.II.[I-]. The van der Waals surface area contributed by atoms with Gasteiger partial charge in [-0.15, -0.1) is 11.3 Å². The van der Waals surface area contributed by atoms with Crippen molar-refractivity contribution in [1.29, 1.82) is 0 Å². The highest BCUT2D eigenvalue weighted by molar-refractivity contribution is 15.0. The summed E-state index contributed by atoms with van der Waals surface area (Å²) in [6.07, 6.45) is 0. The lowest BCUT2D eigenvalue weighted by Crippen LogP contribution is -3.00. The molecule has 0 fully saturated rings. The number of halogens is 3. The third kappa shape index (κ3) is 4.73. The Labute approximate surface area is 175 Å². The van der Waals surface area contributed by atoms with Gasteiger partial charge in [0.1, 0.15) is 13.1 Å². The second kappa shape index (κ2) is 10.3. The van der Waals surface area contributed by atoms with Gasteiger partial charge >= 0.3 is 0 Å². The maximum absolute atomic E-state index is 4.72. The van der Waals surface area contributed by atoms with E-state index in [0.717, 1.165) is 24.3 Å². The van der Waals surface area contributed by atoms with Crippen LogP contribution in [0.1, 0.15) is 13.8 Å². The van der Waals surface area contributed by atoms with E-state index >= 15 is 0 Å². The van der Waals surface area contributed by atoms with Crippen LogP contribution in [0, 0.1) is 0 Å². The largest absolute Gasteiger partial charge is 1.00 e. The Bertz CT molecular complexity index is 765. The molecule has 1 aromatic carbocycles. The highest BCUT2D eigenvalue weighted by Gasteiger charge is 2.09. The normalized spacial score (nSPS) is 9.82.